The predicted molar refractivity (Wildman–Crippen MR) is 101 cm³/mol. The second kappa shape index (κ2) is 9.03. The largest absolute Gasteiger partial charge is 0.481 e. The Bertz CT molecular complexity index is 819. The first kappa shape index (κ1) is 19.4. The van der Waals surface area contributed by atoms with E-state index in [1.165, 1.54) is 19.3 Å². The number of hydrogen-bond donors (Lipinski definition) is 2. The summed E-state index contributed by atoms with van der Waals surface area (Å²) in [5.41, 5.74) is 0.789. The lowest BCUT2D eigenvalue weighted by Crippen LogP contribution is -2.09. The van der Waals surface area contributed by atoms with Crippen molar-refractivity contribution in [2.45, 2.75) is 61.5 Å². The molecule has 0 bridgehead atoms. The van der Waals surface area contributed by atoms with Crippen LogP contribution in [0.3, 0.4) is 0 Å². The van der Waals surface area contributed by atoms with Crippen LogP contribution >= 0.6 is 11.8 Å². The van der Waals surface area contributed by atoms with Crippen LogP contribution in [0.5, 0.6) is 0 Å². The number of aromatic nitrogens is 2. The van der Waals surface area contributed by atoms with Crippen molar-refractivity contribution in [3.05, 3.63) is 16.2 Å². The van der Waals surface area contributed by atoms with Crippen LogP contribution in [0.1, 0.15) is 51.4 Å². The molecular formula is C17H22N4O5S. The molecule has 1 aliphatic carbocycles. The molecule has 27 heavy (non-hydrogen) atoms. The van der Waals surface area contributed by atoms with Crippen LogP contribution in [0, 0.1) is 10.1 Å². The molecule has 10 heteroatoms. The number of nitrogens with one attached hydrogen (secondary N) is 1. The zero-order chi connectivity index (χ0) is 19.2. The van der Waals surface area contributed by atoms with Crippen molar-refractivity contribution < 1.29 is 19.5 Å². The number of nitro benzene ring substituents is 1. The number of benzene rings is 1. The molecule has 1 aromatic heterocycles. The van der Waals surface area contributed by atoms with Gasteiger partial charge in [-0.3, -0.25) is 14.9 Å². The maximum atomic E-state index is 11.6. The number of unbranched alkanes of at least 4 members (excludes halogenated alkanes) is 1. The number of rotatable bonds is 9. The van der Waals surface area contributed by atoms with E-state index in [-0.39, 0.29) is 17.6 Å². The Morgan fingerprint density at radius 1 is 1.30 bits per heavy atom. The van der Waals surface area contributed by atoms with Gasteiger partial charge in [-0.15, -0.1) is 11.8 Å². The number of thioether (sulfide) groups is 1. The molecule has 2 aromatic rings. The van der Waals surface area contributed by atoms with Gasteiger partial charge >= 0.3 is 11.7 Å². The predicted octanol–water partition coefficient (Wildman–Crippen LogP) is 4.22. The number of anilines is 1. The fraction of sp³-hybridized carbons (Fsp3) is 0.588. The minimum absolute atomic E-state index is 0.0821. The van der Waals surface area contributed by atoms with Gasteiger partial charge in [-0.2, -0.15) is 0 Å². The zero-order valence-corrected chi connectivity index (χ0v) is 15.7. The topological polar surface area (TPSA) is 131 Å². The summed E-state index contributed by atoms with van der Waals surface area (Å²) in [6.45, 7) is 0.443. The van der Waals surface area contributed by atoms with E-state index in [4.69, 9.17) is 9.74 Å². The molecule has 0 unspecified atom stereocenters. The molecule has 2 N–H and O–H groups in total. The number of aliphatic carboxylic acids is 1. The van der Waals surface area contributed by atoms with E-state index >= 15 is 0 Å². The first-order valence-corrected chi connectivity index (χ1v) is 10.00. The summed E-state index contributed by atoms with van der Waals surface area (Å²) in [5, 5.41) is 31.5. The molecule has 146 valence electrons. The molecule has 1 heterocycles. The van der Waals surface area contributed by atoms with Gasteiger partial charge in [-0.25, -0.2) is 4.63 Å². The Labute approximate surface area is 160 Å². The van der Waals surface area contributed by atoms with Gasteiger partial charge in [-0.1, -0.05) is 19.3 Å². The third kappa shape index (κ3) is 4.88. The summed E-state index contributed by atoms with van der Waals surface area (Å²) in [6, 6.07) is 1.75. The normalized spacial score (nSPS) is 15.1. The molecule has 0 aliphatic heterocycles. The van der Waals surface area contributed by atoms with Crippen LogP contribution in [0.15, 0.2) is 15.6 Å². The minimum atomic E-state index is -0.845. The van der Waals surface area contributed by atoms with Crippen LogP contribution in [-0.2, 0) is 4.79 Å². The third-order valence-corrected chi connectivity index (χ3v) is 6.01. The zero-order valence-electron chi connectivity index (χ0n) is 14.8. The molecule has 9 nitrogen and oxygen atoms in total. The molecule has 0 spiro atoms. The molecule has 1 aromatic carbocycles. The molecule has 1 saturated carbocycles. The Hall–Kier alpha value is -2.36. The Morgan fingerprint density at radius 2 is 2.04 bits per heavy atom. The number of nitrogens with zero attached hydrogens (tertiary/aromatic N) is 3. The number of hydrogen-bond acceptors (Lipinski definition) is 8. The molecule has 0 amide bonds. The maximum absolute atomic E-state index is 11.6. The summed E-state index contributed by atoms with van der Waals surface area (Å²) >= 11 is 1.68. The highest BCUT2D eigenvalue weighted by molar-refractivity contribution is 8.00. The van der Waals surface area contributed by atoms with Gasteiger partial charge < -0.3 is 10.4 Å². The molecular weight excluding hydrogens is 372 g/mol. The second-order valence-corrected chi connectivity index (χ2v) is 7.99. The number of fused-ring (bicyclic) bond motifs is 1. The Balaban J connectivity index is 1.82. The Morgan fingerprint density at radius 3 is 2.74 bits per heavy atom. The van der Waals surface area contributed by atoms with Crippen molar-refractivity contribution in [2.24, 2.45) is 0 Å². The number of carboxylic acids is 1. The maximum Gasteiger partial charge on any atom is 0.323 e. The lowest BCUT2D eigenvalue weighted by Gasteiger charge is -2.21. The second-order valence-electron chi connectivity index (χ2n) is 6.64. The van der Waals surface area contributed by atoms with Gasteiger partial charge in [0.2, 0.25) is 5.52 Å². The van der Waals surface area contributed by atoms with Crippen molar-refractivity contribution in [1.29, 1.82) is 0 Å². The van der Waals surface area contributed by atoms with E-state index in [1.54, 1.807) is 17.8 Å². The van der Waals surface area contributed by atoms with Gasteiger partial charge in [0.05, 0.1) is 4.92 Å². The SMILES string of the molecule is O=C(O)CCCCNc1cc(SC2CCCCC2)c2nonc2c1[N+](=O)[O-]. The van der Waals surface area contributed by atoms with Crippen LogP contribution in [0.25, 0.3) is 11.0 Å². The number of nitro groups is 1. The van der Waals surface area contributed by atoms with Crippen molar-refractivity contribution in [3.8, 4) is 0 Å². The average Bonchev–Trinajstić information content (AvgIpc) is 3.11. The summed E-state index contributed by atoms with van der Waals surface area (Å²) < 4.78 is 4.80. The fourth-order valence-corrected chi connectivity index (χ4v) is 4.66. The van der Waals surface area contributed by atoms with Crippen LogP contribution in [-0.4, -0.2) is 38.1 Å². The molecule has 0 radical (unpaired) electrons. The monoisotopic (exact) mass is 394 g/mol. The summed E-state index contributed by atoms with van der Waals surface area (Å²) in [7, 11) is 0. The molecule has 1 fully saturated rings. The third-order valence-electron chi connectivity index (χ3n) is 4.64. The van der Waals surface area contributed by atoms with E-state index in [2.05, 4.69) is 15.6 Å². The van der Waals surface area contributed by atoms with E-state index in [9.17, 15) is 14.9 Å². The van der Waals surface area contributed by atoms with Crippen molar-refractivity contribution in [2.75, 3.05) is 11.9 Å². The summed E-state index contributed by atoms with van der Waals surface area (Å²) in [5.74, 6) is -0.845. The highest BCUT2D eigenvalue weighted by Gasteiger charge is 2.27. The van der Waals surface area contributed by atoms with Crippen LogP contribution < -0.4 is 5.32 Å². The van der Waals surface area contributed by atoms with E-state index in [0.29, 0.717) is 35.8 Å². The van der Waals surface area contributed by atoms with Gasteiger partial charge in [0.25, 0.3) is 0 Å². The van der Waals surface area contributed by atoms with Gasteiger partial charge in [0.15, 0.2) is 5.52 Å². The van der Waals surface area contributed by atoms with Crippen molar-refractivity contribution in [3.63, 3.8) is 0 Å². The summed E-state index contributed by atoms with van der Waals surface area (Å²) in [6.07, 6.45) is 7.06. The van der Waals surface area contributed by atoms with E-state index < -0.39 is 10.9 Å². The van der Waals surface area contributed by atoms with Crippen LogP contribution in [0.4, 0.5) is 11.4 Å². The van der Waals surface area contributed by atoms with E-state index in [1.807, 2.05) is 0 Å². The van der Waals surface area contributed by atoms with E-state index in [0.717, 1.165) is 17.7 Å². The van der Waals surface area contributed by atoms with Gasteiger partial charge in [-0.05, 0) is 42.1 Å². The molecule has 3 rings (SSSR count). The molecule has 0 saturated heterocycles. The van der Waals surface area contributed by atoms with Crippen molar-refractivity contribution in [1.82, 2.24) is 10.3 Å². The fourth-order valence-electron chi connectivity index (χ4n) is 3.30. The smallest absolute Gasteiger partial charge is 0.323 e. The quantitative estimate of drug-likeness (QED) is 0.364. The Kier molecular flexibility index (Phi) is 6.49. The van der Waals surface area contributed by atoms with Gasteiger partial charge in [0, 0.05) is 23.1 Å². The summed E-state index contributed by atoms with van der Waals surface area (Å²) in [4.78, 5) is 22.5. The van der Waals surface area contributed by atoms with Gasteiger partial charge in [0.1, 0.15) is 5.69 Å². The standard InChI is InChI=1S/C17H22N4O5S/c22-14(23)8-4-5-9-18-12-10-13(27-11-6-2-1-3-7-11)15-16(20-26-19-15)17(12)21(24)25/h10-11,18H,1-9H2,(H,22,23). The lowest BCUT2D eigenvalue weighted by molar-refractivity contribution is -0.382. The van der Waals surface area contributed by atoms with Crippen molar-refractivity contribution >= 4 is 40.1 Å². The lowest BCUT2D eigenvalue weighted by atomic mass is 10.0. The highest BCUT2D eigenvalue weighted by Crippen LogP contribution is 2.42. The molecule has 1 aliphatic rings. The number of carboxylic acid groups (broad SMARTS) is 1. The first-order valence-electron chi connectivity index (χ1n) is 9.12. The highest BCUT2D eigenvalue weighted by atomic mass is 32.2. The number of carbonyl (C=O) groups is 1. The molecule has 0 atom stereocenters. The minimum Gasteiger partial charge on any atom is -0.481 e. The van der Waals surface area contributed by atoms with Crippen LogP contribution in [0.2, 0.25) is 0 Å². The first-order chi connectivity index (χ1) is 13.1. The average molecular weight is 394 g/mol.